The van der Waals surface area contributed by atoms with Gasteiger partial charge in [-0.3, -0.25) is 4.79 Å². The third-order valence-corrected chi connectivity index (χ3v) is 3.69. The van der Waals surface area contributed by atoms with Crippen molar-refractivity contribution in [3.05, 3.63) is 29.8 Å². The molecule has 1 aromatic carbocycles. The number of carboxylic acid groups (broad SMARTS) is 1. The summed E-state index contributed by atoms with van der Waals surface area (Å²) in [6.45, 7) is 5.41. The Morgan fingerprint density at radius 2 is 2.10 bits per heavy atom. The van der Waals surface area contributed by atoms with Crippen molar-refractivity contribution in [3.63, 3.8) is 0 Å². The number of carboxylic acids is 1. The number of fused-ring (bicyclic) bond motifs is 1. The first-order valence-corrected chi connectivity index (χ1v) is 7.39. The van der Waals surface area contributed by atoms with Crippen molar-refractivity contribution in [1.82, 2.24) is 5.32 Å². The van der Waals surface area contributed by atoms with Crippen molar-refractivity contribution < 1.29 is 9.90 Å². The molecule has 2 N–H and O–H groups in total. The number of benzene rings is 1. The van der Waals surface area contributed by atoms with Gasteiger partial charge in [0.2, 0.25) is 0 Å². The van der Waals surface area contributed by atoms with Crippen molar-refractivity contribution in [3.8, 4) is 0 Å². The lowest BCUT2D eigenvalue weighted by Crippen LogP contribution is -2.49. The van der Waals surface area contributed by atoms with Crippen molar-refractivity contribution in [2.45, 2.75) is 45.2 Å². The maximum Gasteiger partial charge on any atom is 0.322 e. The zero-order chi connectivity index (χ0) is 14.5. The van der Waals surface area contributed by atoms with Gasteiger partial charge < -0.3 is 15.3 Å². The highest BCUT2D eigenvalue weighted by Crippen LogP contribution is 2.26. The van der Waals surface area contributed by atoms with Crippen LogP contribution in [0.25, 0.3) is 0 Å². The van der Waals surface area contributed by atoms with E-state index in [2.05, 4.69) is 28.4 Å². The molecule has 0 amide bonds. The molecule has 4 nitrogen and oxygen atoms in total. The SMILES string of the molecule is CC(C)NC(CN1CCCCc2ccccc21)C(=O)O. The average molecular weight is 276 g/mol. The van der Waals surface area contributed by atoms with Gasteiger partial charge in [0.15, 0.2) is 0 Å². The van der Waals surface area contributed by atoms with Crippen LogP contribution in [0.5, 0.6) is 0 Å². The monoisotopic (exact) mass is 276 g/mol. The Labute approximate surface area is 120 Å². The normalized spacial score (nSPS) is 16.6. The van der Waals surface area contributed by atoms with Gasteiger partial charge in [-0.05, 0) is 30.9 Å². The molecule has 0 aromatic heterocycles. The number of para-hydroxylation sites is 1. The van der Waals surface area contributed by atoms with E-state index < -0.39 is 12.0 Å². The molecule has 1 aliphatic rings. The topological polar surface area (TPSA) is 52.6 Å². The van der Waals surface area contributed by atoms with Crippen LogP contribution in [0.4, 0.5) is 5.69 Å². The number of aliphatic carboxylic acids is 1. The molecular weight excluding hydrogens is 252 g/mol. The summed E-state index contributed by atoms with van der Waals surface area (Å²) in [5, 5.41) is 12.5. The van der Waals surface area contributed by atoms with Crippen LogP contribution in [0.15, 0.2) is 24.3 Å². The Kier molecular flexibility index (Phi) is 5.01. The molecule has 0 aliphatic carbocycles. The van der Waals surface area contributed by atoms with E-state index in [4.69, 9.17) is 0 Å². The first-order chi connectivity index (χ1) is 9.58. The standard InChI is InChI=1S/C16H24N2O2/c1-12(2)17-14(16(19)20)11-18-10-6-5-8-13-7-3-4-9-15(13)18/h3-4,7,9,12,14,17H,5-6,8,10-11H2,1-2H3,(H,19,20). The van der Waals surface area contributed by atoms with Gasteiger partial charge in [0, 0.05) is 24.8 Å². The highest BCUT2D eigenvalue weighted by Gasteiger charge is 2.23. The number of nitrogens with one attached hydrogen (secondary N) is 1. The second-order valence-corrected chi connectivity index (χ2v) is 5.74. The van der Waals surface area contributed by atoms with Crippen molar-refractivity contribution in [1.29, 1.82) is 0 Å². The molecule has 1 aliphatic heterocycles. The molecule has 20 heavy (non-hydrogen) atoms. The molecular formula is C16H24N2O2. The van der Waals surface area contributed by atoms with E-state index >= 15 is 0 Å². The van der Waals surface area contributed by atoms with Crippen molar-refractivity contribution in [2.75, 3.05) is 18.0 Å². The predicted molar refractivity (Wildman–Crippen MR) is 81.3 cm³/mol. The molecule has 4 heteroatoms. The summed E-state index contributed by atoms with van der Waals surface area (Å²) < 4.78 is 0. The minimum atomic E-state index is -0.777. The molecule has 2 rings (SSSR count). The number of anilines is 1. The summed E-state index contributed by atoms with van der Waals surface area (Å²) in [6, 6.07) is 7.99. The lowest BCUT2D eigenvalue weighted by Gasteiger charge is -2.29. The highest BCUT2D eigenvalue weighted by molar-refractivity contribution is 5.74. The number of aryl methyl sites for hydroxylation is 1. The molecule has 1 atom stereocenters. The van der Waals surface area contributed by atoms with Gasteiger partial charge >= 0.3 is 5.97 Å². The number of carbonyl (C=O) groups is 1. The smallest absolute Gasteiger partial charge is 0.322 e. The van der Waals surface area contributed by atoms with Crippen molar-refractivity contribution >= 4 is 11.7 Å². The molecule has 0 saturated carbocycles. The number of nitrogens with zero attached hydrogens (tertiary/aromatic N) is 1. The minimum Gasteiger partial charge on any atom is -0.480 e. The van der Waals surface area contributed by atoms with Gasteiger partial charge in [0.1, 0.15) is 6.04 Å². The van der Waals surface area contributed by atoms with Gasteiger partial charge in [-0.25, -0.2) is 0 Å². The summed E-state index contributed by atoms with van der Waals surface area (Å²) >= 11 is 0. The molecule has 0 spiro atoms. The van der Waals surface area contributed by atoms with E-state index in [-0.39, 0.29) is 6.04 Å². The fraction of sp³-hybridized carbons (Fsp3) is 0.562. The van der Waals surface area contributed by atoms with Gasteiger partial charge in [-0.2, -0.15) is 0 Å². The van der Waals surface area contributed by atoms with Crippen molar-refractivity contribution in [2.24, 2.45) is 0 Å². The lowest BCUT2D eigenvalue weighted by molar-refractivity contribution is -0.139. The third-order valence-electron chi connectivity index (χ3n) is 3.69. The fourth-order valence-corrected chi connectivity index (χ4v) is 2.78. The first-order valence-electron chi connectivity index (χ1n) is 7.39. The van der Waals surface area contributed by atoms with Gasteiger partial charge in [0.05, 0.1) is 0 Å². The molecule has 1 aromatic rings. The van der Waals surface area contributed by atoms with Crippen LogP contribution in [0.3, 0.4) is 0 Å². The first kappa shape index (κ1) is 14.9. The van der Waals surface area contributed by atoms with Gasteiger partial charge in [-0.1, -0.05) is 32.0 Å². The lowest BCUT2D eigenvalue weighted by atomic mass is 10.1. The number of hydrogen-bond acceptors (Lipinski definition) is 3. The molecule has 0 fully saturated rings. The summed E-state index contributed by atoms with van der Waals surface area (Å²) in [4.78, 5) is 13.6. The number of rotatable bonds is 5. The van der Waals surface area contributed by atoms with Crippen LogP contribution in [0.1, 0.15) is 32.3 Å². The van der Waals surface area contributed by atoms with Crippen LogP contribution in [0.2, 0.25) is 0 Å². The fourth-order valence-electron chi connectivity index (χ4n) is 2.78. The number of hydrogen-bond donors (Lipinski definition) is 2. The van der Waals surface area contributed by atoms with Crippen LogP contribution in [-0.2, 0) is 11.2 Å². The third kappa shape index (κ3) is 3.73. The molecule has 1 heterocycles. The van der Waals surface area contributed by atoms with E-state index in [9.17, 15) is 9.90 Å². The molecule has 110 valence electrons. The summed E-state index contributed by atoms with van der Waals surface area (Å²) in [6.07, 6.45) is 3.37. The maximum absolute atomic E-state index is 11.4. The van der Waals surface area contributed by atoms with Crippen LogP contribution in [0, 0.1) is 0 Å². The molecule has 0 saturated heterocycles. The minimum absolute atomic E-state index is 0.165. The summed E-state index contributed by atoms with van der Waals surface area (Å²) in [5.41, 5.74) is 2.53. The van der Waals surface area contributed by atoms with E-state index in [1.165, 1.54) is 17.7 Å². The quantitative estimate of drug-likeness (QED) is 0.866. The Morgan fingerprint density at radius 3 is 2.80 bits per heavy atom. The summed E-state index contributed by atoms with van der Waals surface area (Å²) in [7, 11) is 0. The van der Waals surface area contributed by atoms with Gasteiger partial charge in [0.25, 0.3) is 0 Å². The molecule has 0 radical (unpaired) electrons. The predicted octanol–water partition coefficient (Wildman–Crippen LogP) is 2.28. The average Bonchev–Trinajstić information content (AvgIpc) is 2.60. The zero-order valence-electron chi connectivity index (χ0n) is 12.3. The van der Waals surface area contributed by atoms with Crippen LogP contribution < -0.4 is 10.2 Å². The Morgan fingerprint density at radius 1 is 1.35 bits per heavy atom. The molecule has 0 bridgehead atoms. The summed E-state index contributed by atoms with van der Waals surface area (Å²) in [5.74, 6) is -0.777. The Hall–Kier alpha value is -1.55. The van der Waals surface area contributed by atoms with Crippen LogP contribution >= 0.6 is 0 Å². The second kappa shape index (κ2) is 6.75. The van der Waals surface area contributed by atoms with Crippen LogP contribution in [-0.4, -0.2) is 36.2 Å². The van der Waals surface area contributed by atoms with E-state index in [0.717, 1.165) is 19.4 Å². The maximum atomic E-state index is 11.4. The van der Waals surface area contributed by atoms with E-state index in [1.54, 1.807) is 0 Å². The highest BCUT2D eigenvalue weighted by atomic mass is 16.4. The Balaban J connectivity index is 2.16. The van der Waals surface area contributed by atoms with E-state index in [0.29, 0.717) is 6.54 Å². The zero-order valence-corrected chi connectivity index (χ0v) is 12.3. The molecule has 1 unspecified atom stereocenters. The van der Waals surface area contributed by atoms with E-state index in [1.807, 2.05) is 19.9 Å². The second-order valence-electron chi connectivity index (χ2n) is 5.74. The van der Waals surface area contributed by atoms with Gasteiger partial charge in [-0.15, -0.1) is 0 Å². The Bertz CT molecular complexity index is 460. The largest absolute Gasteiger partial charge is 0.480 e.